The molecule has 0 aliphatic carbocycles. The molecule has 0 aromatic carbocycles. The molecule has 4 nitrogen and oxygen atoms in total. The maximum Gasteiger partial charge on any atom is 0.130 e. The van der Waals surface area contributed by atoms with Gasteiger partial charge in [0.15, 0.2) is 0 Å². The predicted molar refractivity (Wildman–Crippen MR) is 67.7 cm³/mol. The summed E-state index contributed by atoms with van der Waals surface area (Å²) in [5, 5.41) is 3.33. The standard InChI is InChI=1S/C13H18N4/c1-4-10-9-15-6-5-11(10)12(14-2)13-16-7-8-17(13)3/h5-9,12,14H,4H2,1-3H3. The number of imidazole rings is 1. The van der Waals surface area contributed by atoms with Crippen molar-refractivity contribution in [1.82, 2.24) is 19.9 Å². The van der Waals surface area contributed by atoms with Crippen molar-refractivity contribution in [1.29, 1.82) is 0 Å². The highest BCUT2D eigenvalue weighted by atomic mass is 15.1. The lowest BCUT2D eigenvalue weighted by Gasteiger charge is -2.19. The lowest BCUT2D eigenvalue weighted by atomic mass is 10.0. The van der Waals surface area contributed by atoms with Crippen LogP contribution in [0.25, 0.3) is 0 Å². The van der Waals surface area contributed by atoms with Gasteiger partial charge in [-0.1, -0.05) is 6.92 Å². The molecule has 1 unspecified atom stereocenters. The van der Waals surface area contributed by atoms with Crippen LogP contribution >= 0.6 is 0 Å². The fourth-order valence-corrected chi connectivity index (χ4v) is 2.09. The summed E-state index contributed by atoms with van der Waals surface area (Å²) in [4.78, 5) is 8.60. The van der Waals surface area contributed by atoms with Gasteiger partial charge in [0, 0.05) is 31.8 Å². The van der Waals surface area contributed by atoms with Crippen LogP contribution in [-0.2, 0) is 13.5 Å². The van der Waals surface area contributed by atoms with Crippen molar-refractivity contribution in [3.63, 3.8) is 0 Å². The van der Waals surface area contributed by atoms with Gasteiger partial charge < -0.3 is 9.88 Å². The molecule has 0 saturated carbocycles. The lowest BCUT2D eigenvalue weighted by molar-refractivity contribution is 0.611. The molecule has 0 saturated heterocycles. The van der Waals surface area contributed by atoms with E-state index in [9.17, 15) is 0 Å². The zero-order chi connectivity index (χ0) is 12.3. The summed E-state index contributed by atoms with van der Waals surface area (Å²) in [5.41, 5.74) is 2.51. The van der Waals surface area contributed by atoms with Crippen LogP contribution in [-0.4, -0.2) is 21.6 Å². The molecular weight excluding hydrogens is 212 g/mol. The van der Waals surface area contributed by atoms with E-state index in [0.29, 0.717) is 0 Å². The highest BCUT2D eigenvalue weighted by molar-refractivity contribution is 5.31. The first-order valence-electron chi connectivity index (χ1n) is 5.85. The monoisotopic (exact) mass is 230 g/mol. The summed E-state index contributed by atoms with van der Waals surface area (Å²) in [5.74, 6) is 1.02. The zero-order valence-corrected chi connectivity index (χ0v) is 10.5. The molecule has 0 aliphatic rings. The second-order valence-electron chi connectivity index (χ2n) is 4.05. The van der Waals surface area contributed by atoms with Crippen LogP contribution in [0.1, 0.15) is 29.9 Å². The molecule has 0 radical (unpaired) electrons. The first kappa shape index (κ1) is 11.8. The van der Waals surface area contributed by atoms with Crippen LogP contribution in [0.15, 0.2) is 30.9 Å². The second kappa shape index (κ2) is 5.10. The topological polar surface area (TPSA) is 42.7 Å². The molecular formula is C13H18N4. The Hall–Kier alpha value is -1.68. The Morgan fingerprint density at radius 1 is 1.41 bits per heavy atom. The molecule has 90 valence electrons. The molecule has 2 aromatic heterocycles. The van der Waals surface area contributed by atoms with Gasteiger partial charge in [0.25, 0.3) is 0 Å². The largest absolute Gasteiger partial charge is 0.336 e. The Morgan fingerprint density at radius 3 is 2.82 bits per heavy atom. The molecule has 2 heterocycles. The first-order valence-corrected chi connectivity index (χ1v) is 5.85. The third kappa shape index (κ3) is 2.22. The molecule has 0 bridgehead atoms. The number of hydrogen-bond acceptors (Lipinski definition) is 3. The molecule has 0 amide bonds. The van der Waals surface area contributed by atoms with Crippen molar-refractivity contribution in [2.45, 2.75) is 19.4 Å². The van der Waals surface area contributed by atoms with Gasteiger partial charge in [0.05, 0.1) is 6.04 Å². The van der Waals surface area contributed by atoms with Gasteiger partial charge in [-0.3, -0.25) is 4.98 Å². The van der Waals surface area contributed by atoms with Crippen molar-refractivity contribution in [2.75, 3.05) is 7.05 Å². The molecule has 1 N–H and O–H groups in total. The minimum Gasteiger partial charge on any atom is -0.336 e. The van der Waals surface area contributed by atoms with E-state index < -0.39 is 0 Å². The van der Waals surface area contributed by atoms with E-state index in [4.69, 9.17) is 0 Å². The van der Waals surface area contributed by atoms with Gasteiger partial charge >= 0.3 is 0 Å². The van der Waals surface area contributed by atoms with Gasteiger partial charge in [-0.2, -0.15) is 0 Å². The molecule has 0 aliphatic heterocycles. The zero-order valence-electron chi connectivity index (χ0n) is 10.5. The van der Waals surface area contributed by atoms with Crippen molar-refractivity contribution in [3.8, 4) is 0 Å². The average Bonchev–Trinajstić information content (AvgIpc) is 2.78. The predicted octanol–water partition coefficient (Wildman–Crippen LogP) is 1.69. The summed E-state index contributed by atoms with van der Waals surface area (Å²) in [7, 11) is 3.97. The summed E-state index contributed by atoms with van der Waals surface area (Å²) in [6, 6.07) is 2.18. The number of nitrogens with one attached hydrogen (secondary N) is 1. The third-order valence-electron chi connectivity index (χ3n) is 3.04. The molecule has 2 aromatic rings. The number of pyridine rings is 1. The van der Waals surface area contributed by atoms with E-state index in [-0.39, 0.29) is 6.04 Å². The molecule has 0 spiro atoms. The molecule has 1 atom stereocenters. The van der Waals surface area contributed by atoms with Crippen molar-refractivity contribution in [2.24, 2.45) is 7.05 Å². The molecule has 2 rings (SSSR count). The van der Waals surface area contributed by atoms with E-state index in [1.54, 1.807) is 0 Å². The van der Waals surface area contributed by atoms with Gasteiger partial charge in [-0.05, 0) is 30.7 Å². The molecule has 4 heteroatoms. The Morgan fingerprint density at radius 2 is 2.24 bits per heavy atom. The second-order valence-corrected chi connectivity index (χ2v) is 4.05. The Bertz CT molecular complexity index is 490. The Labute approximate surface area is 102 Å². The van der Waals surface area contributed by atoms with Crippen LogP contribution in [0, 0.1) is 0 Å². The van der Waals surface area contributed by atoms with Crippen LogP contribution in [0.5, 0.6) is 0 Å². The summed E-state index contributed by atoms with van der Waals surface area (Å²) in [6.07, 6.45) is 8.54. The molecule has 0 fully saturated rings. The van der Waals surface area contributed by atoms with Crippen molar-refractivity contribution < 1.29 is 0 Å². The highest BCUT2D eigenvalue weighted by Gasteiger charge is 2.18. The third-order valence-corrected chi connectivity index (χ3v) is 3.04. The summed E-state index contributed by atoms with van der Waals surface area (Å²) in [6.45, 7) is 2.14. The first-order chi connectivity index (χ1) is 8.27. The van der Waals surface area contributed by atoms with Crippen molar-refractivity contribution >= 4 is 0 Å². The van der Waals surface area contributed by atoms with Gasteiger partial charge in [0.2, 0.25) is 0 Å². The smallest absolute Gasteiger partial charge is 0.130 e. The van der Waals surface area contributed by atoms with Crippen LogP contribution in [0.2, 0.25) is 0 Å². The van der Waals surface area contributed by atoms with Gasteiger partial charge in [-0.25, -0.2) is 4.98 Å². The number of aromatic nitrogens is 3. The minimum absolute atomic E-state index is 0.118. The molecule has 17 heavy (non-hydrogen) atoms. The number of hydrogen-bond donors (Lipinski definition) is 1. The number of rotatable bonds is 4. The van der Waals surface area contributed by atoms with Crippen LogP contribution in [0.3, 0.4) is 0 Å². The van der Waals surface area contributed by atoms with Gasteiger partial charge in [0.1, 0.15) is 5.82 Å². The van der Waals surface area contributed by atoms with E-state index in [0.717, 1.165) is 12.2 Å². The van der Waals surface area contributed by atoms with Crippen LogP contribution in [0.4, 0.5) is 0 Å². The van der Waals surface area contributed by atoms with Gasteiger partial charge in [-0.15, -0.1) is 0 Å². The van der Waals surface area contributed by atoms with E-state index in [1.165, 1.54) is 11.1 Å². The Kier molecular flexibility index (Phi) is 3.54. The highest BCUT2D eigenvalue weighted by Crippen LogP contribution is 2.23. The van der Waals surface area contributed by atoms with Crippen LogP contribution < -0.4 is 5.32 Å². The van der Waals surface area contributed by atoms with Crippen molar-refractivity contribution in [3.05, 3.63) is 47.8 Å². The average molecular weight is 230 g/mol. The van der Waals surface area contributed by atoms with E-state index in [1.807, 2.05) is 43.4 Å². The summed E-state index contributed by atoms with van der Waals surface area (Å²) < 4.78 is 2.04. The SMILES string of the molecule is CCc1cnccc1C(NC)c1nccn1C. The normalized spacial score (nSPS) is 12.6. The fourth-order valence-electron chi connectivity index (χ4n) is 2.09. The summed E-state index contributed by atoms with van der Waals surface area (Å²) >= 11 is 0. The quantitative estimate of drug-likeness (QED) is 0.869. The van der Waals surface area contributed by atoms with E-state index in [2.05, 4.69) is 28.3 Å². The Balaban J connectivity index is 2.46. The van der Waals surface area contributed by atoms with E-state index >= 15 is 0 Å². The maximum atomic E-state index is 4.42. The maximum absolute atomic E-state index is 4.42. The fraction of sp³-hybridized carbons (Fsp3) is 0.385. The number of aryl methyl sites for hydroxylation is 2. The lowest BCUT2D eigenvalue weighted by Crippen LogP contribution is -2.22. The minimum atomic E-state index is 0.118. The number of nitrogens with zero attached hydrogens (tertiary/aromatic N) is 3.